The van der Waals surface area contributed by atoms with Gasteiger partial charge in [0.15, 0.2) is 0 Å². The summed E-state index contributed by atoms with van der Waals surface area (Å²) in [6.07, 6.45) is 1.91. The first-order chi connectivity index (χ1) is 12.0. The largest absolute Gasteiger partial charge is 0.326 e. The number of hydrogen-bond donors (Lipinski definition) is 2. The molecular weight excluding hydrogens is 321 g/mol. The highest BCUT2D eigenvalue weighted by atomic mass is 19.1. The number of amides is 3. The summed E-state index contributed by atoms with van der Waals surface area (Å²) in [5.74, 6) is -0.127. The minimum Gasteiger partial charge on any atom is -0.326 e. The van der Waals surface area contributed by atoms with Crippen molar-refractivity contribution in [3.05, 3.63) is 59.9 Å². The number of hydrogen-bond acceptors (Lipinski definition) is 2. The standard InChI is InChI=1S/C19H20FN3O2/c1-23(12-13-3-2-4-15(20)11-13)19(25)22-17-9-7-16(8-10-17)21-18(24)14-5-6-14/h2-4,7-11,14H,5-6,12H2,1H3,(H,21,24)(H,22,25). The van der Waals surface area contributed by atoms with Crippen LogP contribution in [0.3, 0.4) is 0 Å². The molecule has 6 heteroatoms. The van der Waals surface area contributed by atoms with Crippen LogP contribution in [-0.2, 0) is 11.3 Å². The van der Waals surface area contributed by atoms with E-state index in [0.29, 0.717) is 17.9 Å². The van der Waals surface area contributed by atoms with Crippen LogP contribution in [0, 0.1) is 11.7 Å². The number of nitrogens with zero attached hydrogens (tertiary/aromatic N) is 1. The van der Waals surface area contributed by atoms with Gasteiger partial charge in [-0.05, 0) is 54.8 Å². The van der Waals surface area contributed by atoms with E-state index in [1.54, 1.807) is 43.4 Å². The molecule has 2 aromatic carbocycles. The lowest BCUT2D eigenvalue weighted by Crippen LogP contribution is -2.30. The predicted molar refractivity (Wildman–Crippen MR) is 94.7 cm³/mol. The molecule has 130 valence electrons. The van der Waals surface area contributed by atoms with Crippen LogP contribution in [0.15, 0.2) is 48.5 Å². The van der Waals surface area contributed by atoms with Gasteiger partial charge in [-0.2, -0.15) is 0 Å². The smallest absolute Gasteiger partial charge is 0.321 e. The maximum absolute atomic E-state index is 13.2. The molecule has 1 aliphatic carbocycles. The van der Waals surface area contributed by atoms with E-state index >= 15 is 0 Å². The van der Waals surface area contributed by atoms with Gasteiger partial charge in [-0.3, -0.25) is 4.79 Å². The van der Waals surface area contributed by atoms with Crippen molar-refractivity contribution in [1.29, 1.82) is 0 Å². The summed E-state index contributed by atoms with van der Waals surface area (Å²) in [6.45, 7) is 0.305. The summed E-state index contributed by atoms with van der Waals surface area (Å²) in [4.78, 5) is 25.4. The van der Waals surface area contributed by atoms with Gasteiger partial charge in [0, 0.05) is 30.9 Å². The van der Waals surface area contributed by atoms with E-state index in [4.69, 9.17) is 0 Å². The number of anilines is 2. The highest BCUT2D eigenvalue weighted by Gasteiger charge is 2.29. The first kappa shape index (κ1) is 17.0. The molecule has 2 aromatic rings. The van der Waals surface area contributed by atoms with Gasteiger partial charge in [0.25, 0.3) is 0 Å². The van der Waals surface area contributed by atoms with E-state index in [0.717, 1.165) is 18.4 Å². The third-order valence-corrected chi connectivity index (χ3v) is 4.01. The van der Waals surface area contributed by atoms with E-state index in [1.165, 1.54) is 17.0 Å². The van der Waals surface area contributed by atoms with Crippen molar-refractivity contribution in [3.63, 3.8) is 0 Å². The zero-order valence-corrected chi connectivity index (χ0v) is 14.0. The Hall–Kier alpha value is -2.89. The van der Waals surface area contributed by atoms with Gasteiger partial charge in [-0.15, -0.1) is 0 Å². The SMILES string of the molecule is CN(Cc1cccc(F)c1)C(=O)Nc1ccc(NC(=O)C2CC2)cc1. The van der Waals surface area contributed by atoms with E-state index in [2.05, 4.69) is 10.6 Å². The van der Waals surface area contributed by atoms with Crippen LogP contribution in [-0.4, -0.2) is 23.9 Å². The molecule has 3 amide bonds. The molecule has 1 aliphatic rings. The third kappa shape index (κ3) is 4.79. The molecule has 1 saturated carbocycles. The Morgan fingerprint density at radius 1 is 1.08 bits per heavy atom. The average molecular weight is 341 g/mol. The maximum atomic E-state index is 13.2. The number of nitrogens with one attached hydrogen (secondary N) is 2. The molecule has 0 unspecified atom stereocenters. The van der Waals surface area contributed by atoms with Crippen LogP contribution >= 0.6 is 0 Å². The number of rotatable bonds is 5. The Morgan fingerprint density at radius 3 is 2.32 bits per heavy atom. The molecule has 25 heavy (non-hydrogen) atoms. The second kappa shape index (κ2) is 7.34. The average Bonchev–Trinajstić information content (AvgIpc) is 3.41. The van der Waals surface area contributed by atoms with Gasteiger partial charge in [0.2, 0.25) is 5.91 Å². The van der Waals surface area contributed by atoms with Crippen LogP contribution < -0.4 is 10.6 Å². The van der Waals surface area contributed by atoms with Crippen LogP contribution in [0.5, 0.6) is 0 Å². The van der Waals surface area contributed by atoms with Crippen LogP contribution in [0.4, 0.5) is 20.6 Å². The van der Waals surface area contributed by atoms with Crippen molar-refractivity contribution in [2.45, 2.75) is 19.4 Å². The minimum absolute atomic E-state index is 0.0478. The fraction of sp³-hybridized carbons (Fsp3) is 0.263. The zero-order chi connectivity index (χ0) is 17.8. The minimum atomic E-state index is -0.324. The van der Waals surface area contributed by atoms with Gasteiger partial charge in [-0.1, -0.05) is 12.1 Å². The quantitative estimate of drug-likeness (QED) is 0.868. The lowest BCUT2D eigenvalue weighted by Gasteiger charge is -2.18. The molecule has 3 rings (SSSR count). The molecule has 1 fully saturated rings. The molecule has 0 heterocycles. The summed E-state index contributed by atoms with van der Waals surface area (Å²) >= 11 is 0. The Morgan fingerprint density at radius 2 is 1.72 bits per heavy atom. The summed E-state index contributed by atoms with van der Waals surface area (Å²) in [5.41, 5.74) is 2.05. The first-order valence-corrected chi connectivity index (χ1v) is 8.19. The molecule has 0 bridgehead atoms. The van der Waals surface area contributed by atoms with Gasteiger partial charge in [-0.25, -0.2) is 9.18 Å². The lowest BCUT2D eigenvalue weighted by molar-refractivity contribution is -0.117. The molecule has 2 N–H and O–H groups in total. The first-order valence-electron chi connectivity index (χ1n) is 8.19. The van der Waals surface area contributed by atoms with E-state index in [-0.39, 0.29) is 23.7 Å². The summed E-state index contributed by atoms with van der Waals surface area (Å²) in [7, 11) is 1.64. The molecule has 0 aliphatic heterocycles. The molecule has 0 radical (unpaired) electrons. The molecular formula is C19H20FN3O2. The molecule has 0 saturated heterocycles. The van der Waals surface area contributed by atoms with Crippen molar-refractivity contribution in [3.8, 4) is 0 Å². The van der Waals surface area contributed by atoms with Crippen molar-refractivity contribution >= 4 is 23.3 Å². The fourth-order valence-corrected chi connectivity index (χ4v) is 2.43. The van der Waals surface area contributed by atoms with Gasteiger partial charge in [0.1, 0.15) is 5.82 Å². The Labute approximate surface area is 145 Å². The van der Waals surface area contributed by atoms with Crippen LogP contribution in [0.1, 0.15) is 18.4 Å². The van der Waals surface area contributed by atoms with E-state index < -0.39 is 0 Å². The van der Waals surface area contributed by atoms with E-state index in [1.807, 2.05) is 0 Å². The number of halogens is 1. The maximum Gasteiger partial charge on any atom is 0.321 e. The second-order valence-corrected chi connectivity index (χ2v) is 6.26. The lowest BCUT2D eigenvalue weighted by atomic mass is 10.2. The van der Waals surface area contributed by atoms with E-state index in [9.17, 15) is 14.0 Å². The molecule has 5 nitrogen and oxygen atoms in total. The molecule has 0 spiro atoms. The molecule has 0 atom stereocenters. The zero-order valence-electron chi connectivity index (χ0n) is 14.0. The van der Waals surface area contributed by atoms with Gasteiger partial charge in [0.05, 0.1) is 0 Å². The summed E-state index contributed by atoms with van der Waals surface area (Å²) < 4.78 is 13.2. The number of benzene rings is 2. The highest BCUT2D eigenvalue weighted by Crippen LogP contribution is 2.30. The fourth-order valence-electron chi connectivity index (χ4n) is 2.43. The third-order valence-electron chi connectivity index (χ3n) is 4.01. The van der Waals surface area contributed by atoms with Crippen LogP contribution in [0.25, 0.3) is 0 Å². The summed E-state index contributed by atoms with van der Waals surface area (Å²) in [6, 6.07) is 12.8. The van der Waals surface area contributed by atoms with Crippen molar-refractivity contribution < 1.29 is 14.0 Å². The van der Waals surface area contributed by atoms with Gasteiger partial charge >= 0.3 is 6.03 Å². The normalized spacial score (nSPS) is 13.2. The van der Waals surface area contributed by atoms with Crippen molar-refractivity contribution in [2.24, 2.45) is 5.92 Å². The van der Waals surface area contributed by atoms with Gasteiger partial charge < -0.3 is 15.5 Å². The number of carbonyl (C=O) groups is 2. The highest BCUT2D eigenvalue weighted by molar-refractivity contribution is 5.94. The topological polar surface area (TPSA) is 61.4 Å². The van der Waals surface area contributed by atoms with Crippen LogP contribution in [0.2, 0.25) is 0 Å². The summed E-state index contributed by atoms with van der Waals surface area (Å²) in [5, 5.41) is 5.62. The molecule has 0 aromatic heterocycles. The monoisotopic (exact) mass is 341 g/mol. The number of carbonyl (C=O) groups excluding carboxylic acids is 2. The Bertz CT molecular complexity index is 772. The second-order valence-electron chi connectivity index (χ2n) is 6.26. The Balaban J connectivity index is 1.53. The number of urea groups is 1. The van der Waals surface area contributed by atoms with Crippen molar-refractivity contribution in [2.75, 3.05) is 17.7 Å². The predicted octanol–water partition coefficient (Wildman–Crippen LogP) is 3.84. The Kier molecular flexibility index (Phi) is 4.97. The van der Waals surface area contributed by atoms with Crippen molar-refractivity contribution in [1.82, 2.24) is 4.90 Å².